The first-order valence-electron chi connectivity index (χ1n) is 4.68. The molecule has 0 aliphatic heterocycles. The van der Waals surface area contributed by atoms with Gasteiger partial charge in [-0.1, -0.05) is 34.8 Å². The van der Waals surface area contributed by atoms with Gasteiger partial charge < -0.3 is 15.7 Å². The van der Waals surface area contributed by atoms with E-state index in [1.165, 1.54) is 6.07 Å². The summed E-state index contributed by atoms with van der Waals surface area (Å²) in [5.74, 6) is -0.554. The third-order valence-corrected chi connectivity index (χ3v) is 2.57. The molecule has 1 rings (SSSR count). The fraction of sp³-hybridized carbons (Fsp3) is 0.222. The van der Waals surface area contributed by atoms with Gasteiger partial charge in [0.25, 0.3) is 5.91 Å². The molecule has 2 amide bonds. The van der Waals surface area contributed by atoms with E-state index in [1.807, 2.05) is 0 Å². The molecule has 0 saturated carbocycles. The summed E-state index contributed by atoms with van der Waals surface area (Å²) in [6, 6.07) is 1.29. The number of carbonyl (C=O) groups is 2. The summed E-state index contributed by atoms with van der Waals surface area (Å²) in [6.07, 6.45) is -1.17. The average molecular weight is 313 g/mol. The Kier molecular flexibility index (Phi) is 5.46. The number of hydrogen-bond acceptors (Lipinski definition) is 3. The van der Waals surface area contributed by atoms with Gasteiger partial charge in [-0.25, -0.2) is 9.78 Å². The molecule has 3 N–H and O–H groups in total. The zero-order valence-electron chi connectivity index (χ0n) is 8.84. The maximum Gasteiger partial charge on any atom is 0.404 e. The van der Waals surface area contributed by atoms with Crippen molar-refractivity contribution in [3.05, 3.63) is 27.0 Å². The van der Waals surface area contributed by atoms with Crippen LogP contribution in [0, 0.1) is 0 Å². The summed E-state index contributed by atoms with van der Waals surface area (Å²) in [7, 11) is 0. The fourth-order valence-corrected chi connectivity index (χ4v) is 1.99. The van der Waals surface area contributed by atoms with Gasteiger partial charge in [0.05, 0.1) is 10.6 Å². The number of carboxylic acid groups (broad SMARTS) is 1. The Morgan fingerprint density at radius 2 is 1.83 bits per heavy atom. The van der Waals surface area contributed by atoms with E-state index in [0.29, 0.717) is 0 Å². The van der Waals surface area contributed by atoms with Gasteiger partial charge in [-0.2, -0.15) is 0 Å². The van der Waals surface area contributed by atoms with E-state index in [2.05, 4.69) is 15.6 Å². The molecular weight excluding hydrogens is 304 g/mol. The predicted octanol–water partition coefficient (Wildman–Crippen LogP) is 2.04. The predicted molar refractivity (Wildman–Crippen MR) is 67.6 cm³/mol. The molecule has 0 bridgehead atoms. The molecular formula is C9H8Cl3N3O3. The lowest BCUT2D eigenvalue weighted by Gasteiger charge is -2.08. The van der Waals surface area contributed by atoms with Crippen LogP contribution in [0.5, 0.6) is 0 Å². The van der Waals surface area contributed by atoms with Crippen LogP contribution in [0.4, 0.5) is 4.79 Å². The Hall–Kier alpha value is -1.24. The summed E-state index contributed by atoms with van der Waals surface area (Å²) in [6.45, 7) is 0.164. The SMILES string of the molecule is O=C(O)NCCNC(=O)c1c(Cl)cc(Cl)nc1Cl. The van der Waals surface area contributed by atoms with E-state index >= 15 is 0 Å². The van der Waals surface area contributed by atoms with Crippen LogP contribution in [0.15, 0.2) is 6.07 Å². The molecule has 0 atom stereocenters. The first kappa shape index (κ1) is 14.8. The van der Waals surface area contributed by atoms with E-state index in [1.54, 1.807) is 0 Å². The van der Waals surface area contributed by atoms with Crippen LogP contribution in [0.1, 0.15) is 10.4 Å². The van der Waals surface area contributed by atoms with E-state index in [-0.39, 0.29) is 34.0 Å². The lowest BCUT2D eigenvalue weighted by atomic mass is 10.2. The van der Waals surface area contributed by atoms with Crippen molar-refractivity contribution in [2.75, 3.05) is 13.1 Å². The lowest BCUT2D eigenvalue weighted by molar-refractivity contribution is 0.0953. The van der Waals surface area contributed by atoms with Crippen molar-refractivity contribution in [2.45, 2.75) is 0 Å². The Morgan fingerprint density at radius 1 is 1.22 bits per heavy atom. The number of halogens is 3. The van der Waals surface area contributed by atoms with E-state index in [9.17, 15) is 9.59 Å². The van der Waals surface area contributed by atoms with Gasteiger partial charge >= 0.3 is 6.09 Å². The summed E-state index contributed by atoms with van der Waals surface area (Å²) in [5.41, 5.74) is -0.00180. The van der Waals surface area contributed by atoms with Crippen molar-refractivity contribution in [1.82, 2.24) is 15.6 Å². The van der Waals surface area contributed by atoms with E-state index in [0.717, 1.165) is 0 Å². The van der Waals surface area contributed by atoms with Crippen molar-refractivity contribution in [3.8, 4) is 0 Å². The van der Waals surface area contributed by atoms with E-state index in [4.69, 9.17) is 39.9 Å². The van der Waals surface area contributed by atoms with Gasteiger partial charge in [-0.3, -0.25) is 4.79 Å². The number of nitrogens with zero attached hydrogens (tertiary/aromatic N) is 1. The van der Waals surface area contributed by atoms with Crippen LogP contribution in [0.25, 0.3) is 0 Å². The molecule has 1 aromatic rings. The van der Waals surface area contributed by atoms with Crippen LogP contribution in [0.3, 0.4) is 0 Å². The quantitative estimate of drug-likeness (QED) is 0.586. The zero-order valence-corrected chi connectivity index (χ0v) is 11.1. The summed E-state index contributed by atoms with van der Waals surface area (Å²) < 4.78 is 0. The second kappa shape index (κ2) is 6.63. The minimum Gasteiger partial charge on any atom is -0.465 e. The number of hydrogen-bond donors (Lipinski definition) is 3. The molecule has 9 heteroatoms. The van der Waals surface area contributed by atoms with Crippen LogP contribution in [-0.4, -0.2) is 35.2 Å². The van der Waals surface area contributed by atoms with Crippen molar-refractivity contribution in [2.24, 2.45) is 0 Å². The molecule has 0 aliphatic carbocycles. The van der Waals surface area contributed by atoms with Crippen LogP contribution in [0.2, 0.25) is 15.3 Å². The highest BCUT2D eigenvalue weighted by Crippen LogP contribution is 2.25. The number of pyridine rings is 1. The second-order valence-electron chi connectivity index (χ2n) is 3.08. The lowest BCUT2D eigenvalue weighted by Crippen LogP contribution is -2.34. The molecule has 18 heavy (non-hydrogen) atoms. The number of nitrogens with one attached hydrogen (secondary N) is 2. The topological polar surface area (TPSA) is 91.3 Å². The molecule has 0 spiro atoms. The average Bonchev–Trinajstić information content (AvgIpc) is 2.22. The number of carbonyl (C=O) groups excluding carboxylic acids is 1. The normalized spacial score (nSPS) is 9.94. The largest absolute Gasteiger partial charge is 0.465 e. The maximum atomic E-state index is 11.7. The first-order chi connectivity index (χ1) is 8.41. The monoisotopic (exact) mass is 311 g/mol. The van der Waals surface area contributed by atoms with Gasteiger partial charge in [-0.15, -0.1) is 0 Å². The molecule has 0 aromatic carbocycles. The van der Waals surface area contributed by atoms with Gasteiger partial charge in [0, 0.05) is 13.1 Å². The molecule has 0 radical (unpaired) electrons. The third kappa shape index (κ3) is 4.21. The highest BCUT2D eigenvalue weighted by atomic mass is 35.5. The molecule has 0 aliphatic rings. The van der Waals surface area contributed by atoms with Gasteiger partial charge in [0.1, 0.15) is 10.3 Å². The van der Waals surface area contributed by atoms with Crippen molar-refractivity contribution in [3.63, 3.8) is 0 Å². The highest BCUT2D eigenvalue weighted by molar-refractivity contribution is 6.40. The van der Waals surface area contributed by atoms with Crippen molar-refractivity contribution >= 4 is 46.8 Å². The minimum absolute atomic E-state index is 0.00180. The zero-order chi connectivity index (χ0) is 13.7. The summed E-state index contributed by atoms with van der Waals surface area (Å²) in [5, 5.41) is 12.9. The standard InChI is InChI=1S/C9H8Cl3N3O3/c10-4-3-5(11)15-7(12)6(4)8(16)13-1-2-14-9(17)18/h3,14H,1-2H2,(H,13,16)(H,17,18). The molecule has 0 unspecified atom stereocenters. The fourth-order valence-electron chi connectivity index (χ4n) is 1.09. The van der Waals surface area contributed by atoms with Crippen LogP contribution in [-0.2, 0) is 0 Å². The summed E-state index contributed by atoms with van der Waals surface area (Å²) in [4.78, 5) is 25.6. The molecule has 6 nitrogen and oxygen atoms in total. The molecule has 0 saturated heterocycles. The molecule has 98 valence electrons. The number of rotatable bonds is 4. The van der Waals surface area contributed by atoms with Gasteiger partial charge in [-0.05, 0) is 6.07 Å². The first-order valence-corrected chi connectivity index (χ1v) is 5.81. The molecule has 1 heterocycles. The Morgan fingerprint density at radius 3 is 2.39 bits per heavy atom. The Bertz CT molecular complexity index is 458. The van der Waals surface area contributed by atoms with E-state index < -0.39 is 12.0 Å². The van der Waals surface area contributed by atoms with Crippen molar-refractivity contribution in [1.29, 1.82) is 0 Å². The van der Waals surface area contributed by atoms with Crippen LogP contribution < -0.4 is 10.6 Å². The number of amides is 2. The maximum absolute atomic E-state index is 11.7. The third-order valence-electron chi connectivity index (χ3n) is 1.81. The van der Waals surface area contributed by atoms with Gasteiger partial charge in [0.15, 0.2) is 0 Å². The minimum atomic E-state index is -1.17. The Balaban J connectivity index is 2.65. The smallest absolute Gasteiger partial charge is 0.404 e. The molecule has 0 fully saturated rings. The van der Waals surface area contributed by atoms with Crippen LogP contribution >= 0.6 is 34.8 Å². The van der Waals surface area contributed by atoms with Gasteiger partial charge in [0.2, 0.25) is 0 Å². The number of aromatic nitrogens is 1. The second-order valence-corrected chi connectivity index (χ2v) is 4.23. The Labute approximate surface area is 117 Å². The summed E-state index contributed by atoms with van der Waals surface area (Å²) >= 11 is 17.2. The highest BCUT2D eigenvalue weighted by Gasteiger charge is 2.16. The molecule has 1 aromatic heterocycles. The van der Waals surface area contributed by atoms with Crippen molar-refractivity contribution < 1.29 is 14.7 Å².